The summed E-state index contributed by atoms with van der Waals surface area (Å²) >= 11 is 5.63. The van der Waals surface area contributed by atoms with E-state index >= 15 is 0 Å². The van der Waals surface area contributed by atoms with E-state index in [1.165, 1.54) is 13.0 Å². The predicted molar refractivity (Wildman–Crippen MR) is 49.8 cm³/mol. The minimum atomic E-state index is -1.21. The van der Waals surface area contributed by atoms with Gasteiger partial charge in [-0.2, -0.15) is 0 Å². The first-order valence-corrected chi connectivity index (χ1v) is 3.99. The van der Waals surface area contributed by atoms with Crippen LogP contribution in [0.15, 0.2) is 12.1 Å². The van der Waals surface area contributed by atoms with Gasteiger partial charge < -0.3 is 5.11 Å². The molecular weight excluding hydrogens is 210 g/mol. The van der Waals surface area contributed by atoms with E-state index < -0.39 is 10.9 Å². The molecule has 0 aliphatic heterocycles. The van der Waals surface area contributed by atoms with Crippen molar-refractivity contribution in [2.75, 3.05) is 0 Å². The first-order valence-electron chi connectivity index (χ1n) is 3.61. The lowest BCUT2D eigenvalue weighted by Crippen LogP contribution is -2.00. The Morgan fingerprint density at radius 2 is 2.14 bits per heavy atom. The third-order valence-corrected chi connectivity index (χ3v) is 2.17. The van der Waals surface area contributed by atoms with Crippen molar-refractivity contribution in [1.82, 2.24) is 0 Å². The van der Waals surface area contributed by atoms with Crippen LogP contribution in [0, 0.1) is 17.0 Å². The van der Waals surface area contributed by atoms with Gasteiger partial charge in [0.2, 0.25) is 0 Å². The maximum absolute atomic E-state index is 10.6. The van der Waals surface area contributed by atoms with Gasteiger partial charge in [0.25, 0.3) is 5.69 Å². The summed E-state index contributed by atoms with van der Waals surface area (Å²) in [5.74, 6) is -1.21. The Hall–Kier alpha value is -1.62. The molecular formula is C8H6ClNO4. The van der Waals surface area contributed by atoms with Crippen LogP contribution in [0.25, 0.3) is 0 Å². The minimum absolute atomic E-state index is 0.0278. The summed E-state index contributed by atoms with van der Waals surface area (Å²) in [6, 6.07) is 2.23. The molecule has 1 N–H and O–H groups in total. The lowest BCUT2D eigenvalue weighted by molar-refractivity contribution is -0.384. The zero-order valence-corrected chi connectivity index (χ0v) is 7.91. The van der Waals surface area contributed by atoms with Crippen LogP contribution in [0.4, 0.5) is 5.69 Å². The number of aromatic carboxylic acids is 1. The van der Waals surface area contributed by atoms with Crippen LogP contribution in [0.3, 0.4) is 0 Å². The molecule has 0 aliphatic carbocycles. The standard InChI is InChI=1S/C8H6ClNO4/c1-4-2-5(8(11)12)3-6(7(4)9)10(13)14/h2-3H,1H3,(H,11,12). The van der Waals surface area contributed by atoms with Crippen molar-refractivity contribution in [3.63, 3.8) is 0 Å². The molecule has 5 nitrogen and oxygen atoms in total. The Labute approximate surface area is 84.1 Å². The molecule has 0 saturated heterocycles. The molecule has 0 spiro atoms. The van der Waals surface area contributed by atoms with Crippen LogP contribution < -0.4 is 0 Å². The highest BCUT2D eigenvalue weighted by molar-refractivity contribution is 6.33. The molecule has 0 saturated carbocycles. The van der Waals surface area contributed by atoms with Gasteiger partial charge in [-0.1, -0.05) is 11.6 Å². The van der Waals surface area contributed by atoms with Crippen molar-refractivity contribution < 1.29 is 14.8 Å². The number of hydrogen-bond donors (Lipinski definition) is 1. The predicted octanol–water partition coefficient (Wildman–Crippen LogP) is 2.25. The zero-order chi connectivity index (χ0) is 10.9. The van der Waals surface area contributed by atoms with Gasteiger partial charge >= 0.3 is 5.97 Å². The summed E-state index contributed by atoms with van der Waals surface area (Å²) in [5.41, 5.74) is -0.152. The Morgan fingerprint density at radius 1 is 1.57 bits per heavy atom. The average Bonchev–Trinajstić information content (AvgIpc) is 2.08. The molecule has 0 amide bonds. The van der Waals surface area contributed by atoms with Crippen LogP contribution >= 0.6 is 11.6 Å². The zero-order valence-electron chi connectivity index (χ0n) is 7.15. The summed E-state index contributed by atoms with van der Waals surface area (Å²) in [6.07, 6.45) is 0. The van der Waals surface area contributed by atoms with Crippen molar-refractivity contribution in [3.05, 3.63) is 38.4 Å². The number of nitro groups is 1. The molecule has 6 heteroatoms. The normalized spacial score (nSPS) is 9.86. The Balaban J connectivity index is 3.43. The van der Waals surface area contributed by atoms with Gasteiger partial charge in [0.1, 0.15) is 5.02 Å². The van der Waals surface area contributed by atoms with Crippen molar-refractivity contribution in [2.45, 2.75) is 6.92 Å². The summed E-state index contributed by atoms with van der Waals surface area (Å²) in [6.45, 7) is 1.52. The fourth-order valence-corrected chi connectivity index (χ4v) is 1.19. The number of hydrogen-bond acceptors (Lipinski definition) is 3. The Morgan fingerprint density at radius 3 is 2.57 bits per heavy atom. The largest absolute Gasteiger partial charge is 0.478 e. The topological polar surface area (TPSA) is 80.4 Å². The third kappa shape index (κ3) is 1.82. The summed E-state index contributed by atoms with van der Waals surface area (Å²) in [7, 11) is 0. The molecule has 0 fully saturated rings. The van der Waals surface area contributed by atoms with Crippen molar-refractivity contribution in [3.8, 4) is 0 Å². The van der Waals surface area contributed by atoms with E-state index in [4.69, 9.17) is 16.7 Å². The molecule has 0 radical (unpaired) electrons. The van der Waals surface area contributed by atoms with Crippen LogP contribution in [0.2, 0.25) is 5.02 Å². The fourth-order valence-electron chi connectivity index (χ4n) is 1.01. The molecule has 0 aliphatic rings. The lowest BCUT2D eigenvalue weighted by atomic mass is 10.1. The number of nitrogens with zero attached hydrogens (tertiary/aromatic N) is 1. The van der Waals surface area contributed by atoms with Crippen LogP contribution in [-0.2, 0) is 0 Å². The number of benzene rings is 1. The first kappa shape index (κ1) is 10.5. The SMILES string of the molecule is Cc1cc(C(=O)O)cc([N+](=O)[O-])c1Cl. The van der Waals surface area contributed by atoms with Crippen molar-refractivity contribution in [1.29, 1.82) is 0 Å². The summed E-state index contributed by atoms with van der Waals surface area (Å²) < 4.78 is 0. The maximum Gasteiger partial charge on any atom is 0.335 e. The van der Waals surface area contributed by atoms with E-state index in [1.54, 1.807) is 0 Å². The fraction of sp³-hybridized carbons (Fsp3) is 0.125. The van der Waals surface area contributed by atoms with Gasteiger partial charge in [-0.05, 0) is 18.6 Å². The Bertz CT molecular complexity index is 416. The maximum atomic E-state index is 10.6. The second kappa shape index (κ2) is 3.63. The highest BCUT2D eigenvalue weighted by Crippen LogP contribution is 2.28. The van der Waals surface area contributed by atoms with E-state index in [2.05, 4.69) is 0 Å². The summed E-state index contributed by atoms with van der Waals surface area (Å²) in [4.78, 5) is 20.3. The Kier molecular flexibility index (Phi) is 2.71. The van der Waals surface area contributed by atoms with E-state index in [9.17, 15) is 14.9 Å². The van der Waals surface area contributed by atoms with Gasteiger partial charge in [0.15, 0.2) is 0 Å². The number of halogens is 1. The second-order valence-corrected chi connectivity index (χ2v) is 3.07. The van der Waals surface area contributed by atoms with E-state index in [0.29, 0.717) is 5.56 Å². The van der Waals surface area contributed by atoms with Crippen LogP contribution in [-0.4, -0.2) is 16.0 Å². The number of carboxylic acid groups (broad SMARTS) is 1. The lowest BCUT2D eigenvalue weighted by Gasteiger charge is -2.01. The van der Waals surface area contributed by atoms with Gasteiger partial charge in [0, 0.05) is 6.07 Å². The molecule has 74 valence electrons. The molecule has 0 heterocycles. The highest BCUT2D eigenvalue weighted by atomic mass is 35.5. The number of carboxylic acids is 1. The average molecular weight is 216 g/mol. The highest BCUT2D eigenvalue weighted by Gasteiger charge is 2.18. The number of aryl methyl sites for hydroxylation is 1. The van der Waals surface area contributed by atoms with E-state index in [1.807, 2.05) is 0 Å². The molecule has 0 aromatic heterocycles. The molecule has 14 heavy (non-hydrogen) atoms. The van der Waals surface area contributed by atoms with Gasteiger partial charge in [0.05, 0.1) is 10.5 Å². The van der Waals surface area contributed by atoms with Crippen LogP contribution in [0.5, 0.6) is 0 Å². The molecule has 0 atom stereocenters. The van der Waals surface area contributed by atoms with E-state index in [-0.39, 0.29) is 16.3 Å². The second-order valence-electron chi connectivity index (χ2n) is 2.69. The monoisotopic (exact) mass is 215 g/mol. The van der Waals surface area contributed by atoms with Crippen molar-refractivity contribution >= 4 is 23.3 Å². The van der Waals surface area contributed by atoms with Gasteiger partial charge in [-0.15, -0.1) is 0 Å². The van der Waals surface area contributed by atoms with Crippen molar-refractivity contribution in [2.24, 2.45) is 0 Å². The van der Waals surface area contributed by atoms with Crippen LogP contribution in [0.1, 0.15) is 15.9 Å². The summed E-state index contributed by atoms with van der Waals surface area (Å²) in [5, 5.41) is 19.1. The van der Waals surface area contributed by atoms with Gasteiger partial charge in [-0.25, -0.2) is 4.79 Å². The van der Waals surface area contributed by atoms with Gasteiger partial charge in [-0.3, -0.25) is 10.1 Å². The molecule has 0 unspecified atom stereocenters. The number of rotatable bonds is 2. The quantitative estimate of drug-likeness (QED) is 0.606. The number of carbonyl (C=O) groups is 1. The molecule has 0 bridgehead atoms. The van der Waals surface area contributed by atoms with E-state index in [0.717, 1.165) is 6.07 Å². The minimum Gasteiger partial charge on any atom is -0.478 e. The first-order chi connectivity index (χ1) is 6.43. The molecule has 1 rings (SSSR count). The molecule has 1 aromatic rings. The smallest absolute Gasteiger partial charge is 0.335 e. The molecule has 1 aromatic carbocycles. The number of nitro benzene ring substituents is 1. The third-order valence-electron chi connectivity index (χ3n) is 1.68.